The predicted octanol–water partition coefficient (Wildman–Crippen LogP) is 3.94. The van der Waals surface area contributed by atoms with Gasteiger partial charge in [-0.2, -0.15) is 13.2 Å². The van der Waals surface area contributed by atoms with E-state index in [2.05, 4.69) is 4.98 Å². The van der Waals surface area contributed by atoms with Crippen LogP contribution in [-0.2, 0) is 4.79 Å². The number of aromatic nitrogens is 2. The molecule has 2 aromatic carbocycles. The quantitative estimate of drug-likeness (QED) is 0.721. The number of rotatable bonds is 4. The average molecular weight is 400 g/mol. The first kappa shape index (κ1) is 19.2. The van der Waals surface area contributed by atoms with Gasteiger partial charge < -0.3 is 10.2 Å². The molecular formula is C21H19F3N4O. The molecule has 8 heteroatoms. The maximum absolute atomic E-state index is 12.5. The third kappa shape index (κ3) is 4.16. The first-order valence-electron chi connectivity index (χ1n) is 9.36. The number of para-hydroxylation sites is 1. The summed E-state index contributed by atoms with van der Waals surface area (Å²) in [5.74, 6) is -0.301. The minimum absolute atomic E-state index is 0.354. The van der Waals surface area contributed by atoms with Crippen molar-refractivity contribution >= 4 is 22.8 Å². The number of carbonyl (C=O) groups excluding carboxylic acids is 1. The summed E-state index contributed by atoms with van der Waals surface area (Å²) in [5, 5.41) is 2.86. The van der Waals surface area contributed by atoms with Gasteiger partial charge in [0.2, 0.25) is 11.9 Å². The van der Waals surface area contributed by atoms with Crippen LogP contribution in [0.2, 0.25) is 0 Å². The summed E-state index contributed by atoms with van der Waals surface area (Å²) in [5.41, 5.74) is 2.36. The largest absolute Gasteiger partial charge is 0.405 e. The Bertz CT molecular complexity index is 1020. The fourth-order valence-corrected chi connectivity index (χ4v) is 3.59. The Balaban J connectivity index is 1.71. The third-order valence-corrected chi connectivity index (χ3v) is 4.91. The maximum Gasteiger partial charge on any atom is 0.405 e. The second kappa shape index (κ2) is 7.69. The lowest BCUT2D eigenvalue weighted by molar-refractivity contribution is -0.139. The summed E-state index contributed by atoms with van der Waals surface area (Å²) in [6.45, 7) is -0.833. The van der Waals surface area contributed by atoms with E-state index in [1.807, 2.05) is 59.9 Å². The number of fused-ring (bicyclic) bond motifs is 1. The molecule has 3 aromatic rings. The van der Waals surface area contributed by atoms with Crippen LogP contribution in [0, 0.1) is 0 Å². The SMILES string of the molecule is O=C(NCC(F)(F)F)[C@@H]1CCCN1c1nc(-c2ccccc2)c2ccccc2n1. The molecule has 0 unspecified atom stereocenters. The maximum atomic E-state index is 12.5. The first-order valence-corrected chi connectivity index (χ1v) is 9.36. The number of nitrogens with zero attached hydrogens (tertiary/aromatic N) is 3. The zero-order valence-corrected chi connectivity index (χ0v) is 15.5. The minimum atomic E-state index is -4.45. The molecule has 1 saturated heterocycles. The lowest BCUT2D eigenvalue weighted by atomic mass is 10.1. The number of carbonyl (C=O) groups is 1. The molecule has 1 aliphatic heterocycles. The lowest BCUT2D eigenvalue weighted by Gasteiger charge is -2.25. The Hall–Kier alpha value is -3.16. The molecule has 1 N–H and O–H groups in total. The Morgan fingerprint density at radius 3 is 2.55 bits per heavy atom. The number of halogens is 3. The first-order chi connectivity index (χ1) is 13.9. The van der Waals surface area contributed by atoms with Gasteiger partial charge in [-0.25, -0.2) is 9.97 Å². The lowest BCUT2D eigenvalue weighted by Crippen LogP contribution is -2.46. The number of amides is 1. The van der Waals surface area contributed by atoms with Gasteiger partial charge in [0.25, 0.3) is 0 Å². The Kier molecular flexibility index (Phi) is 5.08. The summed E-state index contributed by atoms with van der Waals surface area (Å²) in [4.78, 5) is 23.4. The van der Waals surface area contributed by atoms with Crippen LogP contribution < -0.4 is 10.2 Å². The van der Waals surface area contributed by atoms with Crippen LogP contribution in [0.15, 0.2) is 54.6 Å². The number of hydrogen-bond acceptors (Lipinski definition) is 4. The second-order valence-corrected chi connectivity index (χ2v) is 6.94. The van der Waals surface area contributed by atoms with E-state index in [1.54, 1.807) is 4.90 Å². The van der Waals surface area contributed by atoms with Gasteiger partial charge in [0, 0.05) is 17.5 Å². The highest BCUT2D eigenvalue weighted by atomic mass is 19.4. The molecule has 1 atom stereocenters. The molecule has 5 nitrogen and oxygen atoms in total. The van der Waals surface area contributed by atoms with E-state index < -0.39 is 24.7 Å². The van der Waals surface area contributed by atoms with Crippen molar-refractivity contribution in [1.82, 2.24) is 15.3 Å². The van der Waals surface area contributed by atoms with E-state index in [4.69, 9.17) is 4.98 Å². The van der Waals surface area contributed by atoms with Crippen molar-refractivity contribution in [3.05, 3.63) is 54.6 Å². The van der Waals surface area contributed by atoms with Gasteiger partial charge in [0.1, 0.15) is 12.6 Å². The van der Waals surface area contributed by atoms with Gasteiger partial charge in [-0.3, -0.25) is 4.79 Å². The number of anilines is 1. The van der Waals surface area contributed by atoms with E-state index in [0.717, 1.165) is 22.2 Å². The topological polar surface area (TPSA) is 58.1 Å². The minimum Gasteiger partial charge on any atom is -0.345 e. The highest BCUT2D eigenvalue weighted by molar-refractivity contribution is 5.93. The zero-order valence-electron chi connectivity index (χ0n) is 15.5. The van der Waals surface area contributed by atoms with Crippen LogP contribution in [0.25, 0.3) is 22.2 Å². The Morgan fingerprint density at radius 2 is 1.79 bits per heavy atom. The molecule has 0 aliphatic carbocycles. The summed E-state index contributed by atoms with van der Waals surface area (Å²) >= 11 is 0. The normalized spacial score (nSPS) is 16.9. The molecule has 150 valence electrons. The van der Waals surface area contributed by atoms with Gasteiger partial charge in [0.15, 0.2) is 0 Å². The van der Waals surface area contributed by atoms with Crippen molar-refractivity contribution in [2.45, 2.75) is 25.1 Å². The van der Waals surface area contributed by atoms with Crippen LogP contribution in [-0.4, -0.2) is 41.2 Å². The molecule has 0 saturated carbocycles. The van der Waals surface area contributed by atoms with Crippen LogP contribution in [0.5, 0.6) is 0 Å². The fraction of sp³-hybridized carbons (Fsp3) is 0.286. The smallest absolute Gasteiger partial charge is 0.345 e. The molecule has 4 rings (SSSR count). The van der Waals surface area contributed by atoms with Crippen molar-refractivity contribution in [3.8, 4) is 11.3 Å². The number of benzene rings is 2. The summed E-state index contributed by atoms with van der Waals surface area (Å²) < 4.78 is 37.5. The van der Waals surface area contributed by atoms with Gasteiger partial charge in [0.05, 0.1) is 11.2 Å². The number of nitrogens with one attached hydrogen (secondary N) is 1. The molecular weight excluding hydrogens is 381 g/mol. The fourth-order valence-electron chi connectivity index (χ4n) is 3.59. The van der Waals surface area contributed by atoms with Crippen molar-refractivity contribution in [2.75, 3.05) is 18.0 Å². The van der Waals surface area contributed by atoms with Gasteiger partial charge in [-0.1, -0.05) is 48.5 Å². The second-order valence-electron chi connectivity index (χ2n) is 6.94. The van der Waals surface area contributed by atoms with Gasteiger partial charge >= 0.3 is 6.18 Å². The summed E-state index contributed by atoms with van der Waals surface area (Å²) in [6.07, 6.45) is -3.31. The van der Waals surface area contributed by atoms with Crippen LogP contribution in [0.1, 0.15) is 12.8 Å². The summed E-state index contributed by atoms with van der Waals surface area (Å²) in [7, 11) is 0. The molecule has 1 aliphatic rings. The predicted molar refractivity (Wildman–Crippen MR) is 104 cm³/mol. The molecule has 1 amide bonds. The van der Waals surface area contributed by atoms with E-state index in [9.17, 15) is 18.0 Å². The third-order valence-electron chi connectivity index (χ3n) is 4.91. The Morgan fingerprint density at radius 1 is 1.07 bits per heavy atom. The standard InChI is InChI=1S/C21H19F3N4O/c22-21(23,24)13-25-19(29)17-11-6-12-28(17)20-26-16-10-5-4-9-15(16)18(27-20)14-7-2-1-3-8-14/h1-5,7-10,17H,6,11-13H2,(H,25,29)/t17-/m0/s1. The van der Waals surface area contributed by atoms with E-state index >= 15 is 0 Å². The van der Waals surface area contributed by atoms with Crippen molar-refractivity contribution < 1.29 is 18.0 Å². The Labute approximate surface area is 165 Å². The van der Waals surface area contributed by atoms with E-state index in [-0.39, 0.29) is 0 Å². The van der Waals surface area contributed by atoms with Crippen LogP contribution >= 0.6 is 0 Å². The van der Waals surface area contributed by atoms with Crippen molar-refractivity contribution in [2.24, 2.45) is 0 Å². The van der Waals surface area contributed by atoms with Crippen molar-refractivity contribution in [3.63, 3.8) is 0 Å². The van der Waals surface area contributed by atoms with E-state index in [0.29, 0.717) is 25.3 Å². The summed E-state index contributed by atoms with van der Waals surface area (Å²) in [6, 6.07) is 16.5. The molecule has 1 fully saturated rings. The van der Waals surface area contributed by atoms with Gasteiger partial charge in [-0.15, -0.1) is 0 Å². The zero-order chi connectivity index (χ0) is 20.4. The van der Waals surface area contributed by atoms with Gasteiger partial charge in [-0.05, 0) is 18.9 Å². The van der Waals surface area contributed by atoms with Crippen molar-refractivity contribution in [1.29, 1.82) is 0 Å². The number of hydrogen-bond donors (Lipinski definition) is 1. The average Bonchev–Trinajstić information content (AvgIpc) is 3.21. The van der Waals surface area contributed by atoms with Crippen LogP contribution in [0.4, 0.5) is 19.1 Å². The number of alkyl halides is 3. The molecule has 0 radical (unpaired) electrons. The van der Waals surface area contributed by atoms with Crippen LogP contribution in [0.3, 0.4) is 0 Å². The monoisotopic (exact) mass is 400 g/mol. The molecule has 2 heterocycles. The molecule has 0 bridgehead atoms. The highest BCUT2D eigenvalue weighted by Crippen LogP contribution is 2.31. The molecule has 1 aromatic heterocycles. The highest BCUT2D eigenvalue weighted by Gasteiger charge is 2.35. The molecule has 29 heavy (non-hydrogen) atoms. The molecule has 0 spiro atoms. The van der Waals surface area contributed by atoms with E-state index in [1.165, 1.54) is 0 Å².